The van der Waals surface area contributed by atoms with E-state index in [-0.39, 0.29) is 22.2 Å². The second kappa shape index (κ2) is 7.05. The molecule has 0 aliphatic rings. The number of benzene rings is 3. The first-order chi connectivity index (χ1) is 10.3. The fourth-order valence-electron chi connectivity index (χ4n) is 2.16. The Bertz CT molecular complexity index is 819. The number of ether oxygens (including phenoxy) is 1. The van der Waals surface area contributed by atoms with Gasteiger partial charge in [-0.2, -0.15) is 0 Å². The molecule has 0 aromatic heterocycles. The van der Waals surface area contributed by atoms with E-state index in [2.05, 4.69) is 10.2 Å². The normalized spacial score (nSPS) is 10.6. The number of fused-ring (bicyclic) bond motifs is 1. The molecule has 0 heterocycles. The van der Waals surface area contributed by atoms with Crippen molar-refractivity contribution in [3.8, 4) is 11.5 Å². The van der Waals surface area contributed by atoms with Crippen molar-refractivity contribution in [3.05, 3.63) is 60.7 Å². The van der Waals surface area contributed by atoms with Crippen LogP contribution >= 0.6 is 0 Å². The first kappa shape index (κ1) is 16.0. The molecule has 0 bridgehead atoms. The maximum atomic E-state index is 10.0. The van der Waals surface area contributed by atoms with Crippen molar-refractivity contribution in [2.75, 3.05) is 7.11 Å². The molecule has 0 aliphatic carbocycles. The average molecular weight is 337 g/mol. The monoisotopic (exact) mass is 336 g/mol. The number of azo groups is 1. The molecule has 5 heteroatoms. The fourth-order valence-corrected chi connectivity index (χ4v) is 2.16. The molecule has 0 fully saturated rings. The number of phenolic OH excluding ortho intramolecular Hbond substituents is 1. The zero-order valence-electron chi connectivity index (χ0n) is 11.8. The third kappa shape index (κ3) is 3.10. The van der Waals surface area contributed by atoms with Crippen molar-refractivity contribution in [2.24, 2.45) is 10.2 Å². The van der Waals surface area contributed by atoms with Gasteiger partial charge in [-0.1, -0.05) is 42.5 Å². The van der Waals surface area contributed by atoms with E-state index in [0.29, 0.717) is 17.1 Å². The molecule has 0 radical (unpaired) electrons. The molecule has 0 amide bonds. The van der Waals surface area contributed by atoms with E-state index in [1.165, 1.54) is 0 Å². The van der Waals surface area contributed by atoms with Crippen molar-refractivity contribution in [2.45, 2.75) is 0 Å². The number of rotatable bonds is 3. The fraction of sp³-hybridized carbons (Fsp3) is 0.0588. The van der Waals surface area contributed by atoms with Gasteiger partial charge in [0, 0.05) is 21.9 Å². The second-order valence-electron chi connectivity index (χ2n) is 4.53. The molecule has 0 spiro atoms. The summed E-state index contributed by atoms with van der Waals surface area (Å²) in [6, 6.07) is 18.6. The first-order valence-corrected chi connectivity index (χ1v) is 6.55. The summed E-state index contributed by atoms with van der Waals surface area (Å²) in [5.74, 6) is 0.744. The predicted octanol–water partition coefficient (Wildman–Crippen LogP) is 4.97. The van der Waals surface area contributed by atoms with Crippen molar-refractivity contribution < 1.29 is 26.3 Å². The van der Waals surface area contributed by atoms with Gasteiger partial charge in [-0.15, -0.1) is 10.2 Å². The van der Waals surface area contributed by atoms with Crippen LogP contribution in [0, 0.1) is 0 Å². The van der Waals surface area contributed by atoms with Gasteiger partial charge in [0.1, 0.15) is 22.9 Å². The summed E-state index contributed by atoms with van der Waals surface area (Å²) >= 11 is 0. The van der Waals surface area contributed by atoms with Crippen LogP contribution in [0.25, 0.3) is 10.8 Å². The molecular weight excluding hydrogens is 323 g/mol. The maximum absolute atomic E-state index is 10.0. The van der Waals surface area contributed by atoms with Crippen LogP contribution in [0.3, 0.4) is 0 Å². The van der Waals surface area contributed by atoms with Gasteiger partial charge in [0.15, 0.2) is 0 Å². The van der Waals surface area contributed by atoms with Crippen LogP contribution in [0.15, 0.2) is 70.9 Å². The van der Waals surface area contributed by atoms with Gasteiger partial charge >= 0.3 is 0 Å². The number of hydrogen-bond donors (Lipinski definition) is 1. The first-order valence-electron chi connectivity index (χ1n) is 6.55. The summed E-state index contributed by atoms with van der Waals surface area (Å²) in [5, 5.41) is 20.3. The molecule has 1 N–H and O–H groups in total. The number of nitrogens with zero attached hydrogens (tertiary/aromatic N) is 2. The summed E-state index contributed by atoms with van der Waals surface area (Å²) in [5.41, 5.74) is 1.08. The smallest absolute Gasteiger partial charge is 0.146 e. The maximum Gasteiger partial charge on any atom is 0.146 e. The molecule has 22 heavy (non-hydrogen) atoms. The van der Waals surface area contributed by atoms with Gasteiger partial charge in [-0.25, -0.2) is 0 Å². The van der Waals surface area contributed by atoms with Gasteiger partial charge in [0.2, 0.25) is 0 Å². The second-order valence-corrected chi connectivity index (χ2v) is 4.53. The number of aromatic hydroxyl groups is 1. The van der Waals surface area contributed by atoms with Gasteiger partial charge in [-0.05, 0) is 23.6 Å². The van der Waals surface area contributed by atoms with E-state index >= 15 is 0 Å². The minimum Gasteiger partial charge on any atom is -0.506 e. The number of phenols is 1. The molecule has 3 aromatic carbocycles. The van der Waals surface area contributed by atoms with E-state index in [1.54, 1.807) is 13.2 Å². The molecule has 3 rings (SSSR count). The van der Waals surface area contributed by atoms with Crippen molar-refractivity contribution in [1.82, 2.24) is 0 Å². The van der Waals surface area contributed by atoms with E-state index in [9.17, 15) is 5.11 Å². The Labute approximate surface area is 138 Å². The van der Waals surface area contributed by atoms with Crippen LogP contribution in [0.2, 0.25) is 0 Å². The summed E-state index contributed by atoms with van der Waals surface area (Å²) < 4.78 is 5.24. The average Bonchev–Trinajstić information content (AvgIpc) is 2.54. The summed E-state index contributed by atoms with van der Waals surface area (Å²) in [7, 11) is 1.59. The van der Waals surface area contributed by atoms with E-state index in [4.69, 9.17) is 4.74 Å². The Morgan fingerprint density at radius 2 is 1.59 bits per heavy atom. The zero-order chi connectivity index (χ0) is 14.7. The Kier molecular flexibility index (Phi) is 5.13. The molecule has 0 aliphatic heterocycles. The van der Waals surface area contributed by atoms with E-state index < -0.39 is 0 Å². The largest absolute Gasteiger partial charge is 0.506 e. The van der Waals surface area contributed by atoms with Crippen LogP contribution < -0.4 is 4.74 Å². The van der Waals surface area contributed by atoms with Crippen LogP contribution in [0.1, 0.15) is 0 Å². The van der Waals surface area contributed by atoms with Crippen molar-refractivity contribution in [1.29, 1.82) is 0 Å². The molecule has 0 atom stereocenters. The predicted molar refractivity (Wildman–Crippen MR) is 82.8 cm³/mol. The number of methoxy groups -OCH3 is 1. The summed E-state index contributed by atoms with van der Waals surface area (Å²) in [4.78, 5) is 0. The van der Waals surface area contributed by atoms with E-state index in [1.807, 2.05) is 54.6 Å². The van der Waals surface area contributed by atoms with Crippen LogP contribution in [-0.4, -0.2) is 12.2 Å². The third-order valence-corrected chi connectivity index (χ3v) is 3.22. The van der Waals surface area contributed by atoms with E-state index in [0.717, 1.165) is 10.8 Å². The minimum atomic E-state index is 0. The SMILES string of the molecule is COc1ccccc1N=Nc1c(O)ccc2ccccc12.[Ni]. The Morgan fingerprint density at radius 1 is 0.864 bits per heavy atom. The number of para-hydroxylation sites is 1. The van der Waals surface area contributed by atoms with Crippen LogP contribution in [-0.2, 0) is 16.5 Å². The molecule has 0 unspecified atom stereocenters. The van der Waals surface area contributed by atoms with Gasteiger partial charge in [0.05, 0.1) is 7.11 Å². The Morgan fingerprint density at radius 3 is 2.41 bits per heavy atom. The molecule has 0 saturated heterocycles. The molecular formula is C17H14N2NiO2. The zero-order valence-corrected chi connectivity index (χ0v) is 12.8. The Balaban J connectivity index is 0.00000176. The molecule has 0 saturated carbocycles. The van der Waals surface area contributed by atoms with Crippen LogP contribution in [0.4, 0.5) is 11.4 Å². The third-order valence-electron chi connectivity index (χ3n) is 3.22. The molecule has 114 valence electrons. The standard InChI is InChI=1S/C17H14N2O2.Ni/c1-21-16-9-5-4-8-14(16)18-19-17-13-7-3-2-6-12(13)10-11-15(17)20;/h2-11,20H,1H3;. The van der Waals surface area contributed by atoms with Gasteiger partial charge < -0.3 is 9.84 Å². The topological polar surface area (TPSA) is 54.2 Å². The quantitative estimate of drug-likeness (QED) is 0.542. The van der Waals surface area contributed by atoms with Gasteiger partial charge in [-0.3, -0.25) is 0 Å². The van der Waals surface area contributed by atoms with Crippen molar-refractivity contribution >= 4 is 22.1 Å². The van der Waals surface area contributed by atoms with Gasteiger partial charge in [0.25, 0.3) is 0 Å². The minimum absolute atomic E-state index is 0. The van der Waals surface area contributed by atoms with Crippen LogP contribution in [0.5, 0.6) is 11.5 Å². The molecule has 3 aromatic rings. The number of hydrogen-bond acceptors (Lipinski definition) is 4. The van der Waals surface area contributed by atoms with Crippen molar-refractivity contribution in [3.63, 3.8) is 0 Å². The summed E-state index contributed by atoms with van der Waals surface area (Å²) in [6.07, 6.45) is 0. The summed E-state index contributed by atoms with van der Waals surface area (Å²) in [6.45, 7) is 0. The molecule has 4 nitrogen and oxygen atoms in total. The Hall–Kier alpha value is -2.39.